The van der Waals surface area contributed by atoms with Crippen LogP contribution in [0.15, 0.2) is 70.2 Å². The van der Waals surface area contributed by atoms with Crippen LogP contribution in [-0.4, -0.2) is 15.4 Å². The van der Waals surface area contributed by atoms with Crippen molar-refractivity contribution in [3.63, 3.8) is 0 Å². The quantitative estimate of drug-likeness (QED) is 0.676. The summed E-state index contributed by atoms with van der Waals surface area (Å²) in [7, 11) is -0.961. The number of aromatic nitrogens is 1. The van der Waals surface area contributed by atoms with Gasteiger partial charge in [-0.25, -0.2) is 4.98 Å². The molecule has 1 atom stereocenters. The third kappa shape index (κ3) is 4.43. The highest BCUT2D eigenvalue weighted by molar-refractivity contribution is 7.84. The van der Waals surface area contributed by atoms with Gasteiger partial charge in [0.15, 0.2) is 0 Å². The van der Waals surface area contributed by atoms with Crippen LogP contribution in [0.1, 0.15) is 17.1 Å². The van der Waals surface area contributed by atoms with Crippen molar-refractivity contribution in [2.45, 2.75) is 11.5 Å². The molecule has 0 N–H and O–H groups in total. The monoisotopic (exact) mass is 339 g/mol. The maximum Gasteiger partial charge on any atom is 0.218 e. The molecular weight excluding hydrogens is 322 g/mol. The molecule has 1 heterocycles. The van der Waals surface area contributed by atoms with Crippen molar-refractivity contribution in [2.24, 2.45) is 0 Å². The second kappa shape index (κ2) is 7.75. The van der Waals surface area contributed by atoms with Gasteiger partial charge in [-0.3, -0.25) is 4.21 Å². The van der Waals surface area contributed by atoms with Crippen molar-refractivity contribution in [1.82, 2.24) is 4.98 Å². The van der Waals surface area contributed by atoms with Gasteiger partial charge in [-0.2, -0.15) is 0 Å². The fourth-order valence-electron chi connectivity index (χ4n) is 2.08. The number of para-hydroxylation sites is 1. The van der Waals surface area contributed by atoms with Gasteiger partial charge in [0.25, 0.3) is 0 Å². The number of rotatable bonds is 6. The van der Waals surface area contributed by atoms with Crippen molar-refractivity contribution in [3.8, 4) is 5.75 Å². The molecule has 0 spiro atoms. The number of hydrogen-bond donors (Lipinski definition) is 0. The summed E-state index contributed by atoms with van der Waals surface area (Å²) in [5.74, 6) is 1.32. The number of oxazole rings is 1. The number of hydrogen-bond acceptors (Lipinski definition) is 4. The van der Waals surface area contributed by atoms with Crippen LogP contribution in [0.25, 0.3) is 12.2 Å². The standard InChI is InChI=1S/C19H17NO3S/c1-24(21)18-10-7-15(8-11-18)9-12-19-20-16(14-23-19)13-22-17-5-3-2-4-6-17/h2-12,14H,13H2,1H3/b12-9+. The molecule has 1 unspecified atom stereocenters. The first-order chi connectivity index (χ1) is 11.7. The van der Waals surface area contributed by atoms with E-state index in [9.17, 15) is 4.21 Å². The number of benzene rings is 2. The smallest absolute Gasteiger partial charge is 0.218 e. The van der Waals surface area contributed by atoms with Crippen LogP contribution in [0.3, 0.4) is 0 Å². The second-order valence-electron chi connectivity index (χ2n) is 5.14. The van der Waals surface area contributed by atoms with Crippen LogP contribution in [0.5, 0.6) is 5.75 Å². The molecule has 0 radical (unpaired) electrons. The van der Waals surface area contributed by atoms with Crippen molar-refractivity contribution >= 4 is 23.0 Å². The van der Waals surface area contributed by atoms with E-state index in [0.29, 0.717) is 12.5 Å². The van der Waals surface area contributed by atoms with Crippen LogP contribution in [-0.2, 0) is 17.4 Å². The molecule has 4 nitrogen and oxygen atoms in total. The van der Waals surface area contributed by atoms with E-state index in [1.54, 1.807) is 18.6 Å². The molecule has 1 aromatic heterocycles. The van der Waals surface area contributed by atoms with Crippen molar-refractivity contribution in [1.29, 1.82) is 0 Å². The van der Waals surface area contributed by atoms with E-state index < -0.39 is 10.8 Å². The minimum atomic E-state index is -0.961. The molecule has 0 aliphatic heterocycles. The summed E-state index contributed by atoms with van der Waals surface area (Å²) < 4.78 is 22.4. The molecule has 0 fully saturated rings. The summed E-state index contributed by atoms with van der Waals surface area (Å²) >= 11 is 0. The third-order valence-corrected chi connectivity index (χ3v) is 4.27. The van der Waals surface area contributed by atoms with Gasteiger partial charge in [0.05, 0.1) is 0 Å². The van der Waals surface area contributed by atoms with Gasteiger partial charge in [-0.1, -0.05) is 30.3 Å². The molecule has 3 rings (SSSR count). The summed E-state index contributed by atoms with van der Waals surface area (Å²) in [6, 6.07) is 17.1. The third-order valence-electron chi connectivity index (χ3n) is 3.33. The molecule has 0 bridgehead atoms. The minimum Gasteiger partial charge on any atom is -0.487 e. The van der Waals surface area contributed by atoms with Crippen molar-refractivity contribution in [2.75, 3.05) is 6.26 Å². The normalized spacial score (nSPS) is 12.4. The molecule has 3 aromatic rings. The van der Waals surface area contributed by atoms with Crippen LogP contribution in [0.4, 0.5) is 0 Å². The predicted octanol–water partition coefficient (Wildman–Crippen LogP) is 4.16. The van der Waals surface area contributed by atoms with Gasteiger partial charge in [0.2, 0.25) is 5.89 Å². The van der Waals surface area contributed by atoms with Gasteiger partial charge in [-0.05, 0) is 35.9 Å². The lowest BCUT2D eigenvalue weighted by atomic mass is 10.2. The zero-order valence-corrected chi connectivity index (χ0v) is 14.0. The maximum absolute atomic E-state index is 11.4. The molecule has 5 heteroatoms. The summed E-state index contributed by atoms with van der Waals surface area (Å²) in [5, 5.41) is 0. The van der Waals surface area contributed by atoms with Crippen LogP contribution in [0.2, 0.25) is 0 Å². The summed E-state index contributed by atoms with van der Waals surface area (Å²) in [6.45, 7) is 0.359. The van der Waals surface area contributed by atoms with E-state index in [-0.39, 0.29) is 0 Å². The average molecular weight is 339 g/mol. The fraction of sp³-hybridized carbons (Fsp3) is 0.105. The second-order valence-corrected chi connectivity index (χ2v) is 6.51. The fourth-order valence-corrected chi connectivity index (χ4v) is 2.60. The van der Waals surface area contributed by atoms with E-state index >= 15 is 0 Å². The Morgan fingerprint density at radius 1 is 1.08 bits per heavy atom. The van der Waals surface area contributed by atoms with Crippen LogP contribution in [0, 0.1) is 0 Å². The summed E-state index contributed by atoms with van der Waals surface area (Å²) in [6.07, 6.45) is 6.95. The average Bonchev–Trinajstić information content (AvgIpc) is 3.07. The molecule has 0 saturated carbocycles. The zero-order valence-electron chi connectivity index (χ0n) is 13.2. The molecule has 0 amide bonds. The molecule has 0 aliphatic carbocycles. The van der Waals surface area contributed by atoms with Crippen LogP contribution < -0.4 is 4.74 Å². The van der Waals surface area contributed by atoms with Gasteiger partial charge in [-0.15, -0.1) is 0 Å². The Labute approximate surface area is 143 Å². The first-order valence-corrected chi connectivity index (χ1v) is 9.00. The molecular formula is C19H17NO3S. The number of nitrogens with zero attached hydrogens (tertiary/aromatic N) is 1. The van der Waals surface area contributed by atoms with E-state index in [1.165, 1.54) is 0 Å². The van der Waals surface area contributed by atoms with E-state index in [1.807, 2.05) is 60.7 Å². The van der Waals surface area contributed by atoms with Gasteiger partial charge in [0, 0.05) is 28.0 Å². The Bertz CT molecular complexity index is 839. The first kappa shape index (κ1) is 16.2. The van der Waals surface area contributed by atoms with E-state index in [4.69, 9.17) is 9.15 Å². The largest absolute Gasteiger partial charge is 0.487 e. The molecule has 122 valence electrons. The first-order valence-electron chi connectivity index (χ1n) is 7.44. The lowest BCUT2D eigenvalue weighted by molar-refractivity contribution is 0.301. The lowest BCUT2D eigenvalue weighted by Crippen LogP contribution is -1.95. The lowest BCUT2D eigenvalue weighted by Gasteiger charge is -2.01. The summed E-state index contributed by atoms with van der Waals surface area (Å²) in [4.78, 5) is 5.17. The molecule has 2 aromatic carbocycles. The highest BCUT2D eigenvalue weighted by Gasteiger charge is 2.02. The molecule has 0 saturated heterocycles. The SMILES string of the molecule is CS(=O)c1ccc(/C=C/c2nc(COc3ccccc3)co2)cc1. The number of ether oxygens (including phenoxy) is 1. The Morgan fingerprint density at radius 3 is 2.54 bits per heavy atom. The Hall–Kier alpha value is -2.66. The minimum absolute atomic E-state index is 0.359. The zero-order chi connectivity index (χ0) is 16.8. The predicted molar refractivity (Wildman–Crippen MR) is 95.0 cm³/mol. The van der Waals surface area contributed by atoms with Crippen molar-refractivity contribution < 1.29 is 13.4 Å². The van der Waals surface area contributed by atoms with Crippen LogP contribution >= 0.6 is 0 Å². The van der Waals surface area contributed by atoms with Gasteiger partial charge >= 0.3 is 0 Å². The molecule has 0 aliphatic rings. The Balaban J connectivity index is 1.60. The van der Waals surface area contributed by atoms with Crippen molar-refractivity contribution in [3.05, 3.63) is 78.0 Å². The maximum atomic E-state index is 11.4. The molecule has 24 heavy (non-hydrogen) atoms. The topological polar surface area (TPSA) is 52.3 Å². The highest BCUT2D eigenvalue weighted by Crippen LogP contribution is 2.14. The van der Waals surface area contributed by atoms with E-state index in [0.717, 1.165) is 21.9 Å². The highest BCUT2D eigenvalue weighted by atomic mass is 32.2. The van der Waals surface area contributed by atoms with Gasteiger partial charge < -0.3 is 9.15 Å². The summed E-state index contributed by atoms with van der Waals surface area (Å²) in [5.41, 5.74) is 1.72. The van der Waals surface area contributed by atoms with Gasteiger partial charge in [0.1, 0.15) is 24.3 Å². The van der Waals surface area contributed by atoms with E-state index in [2.05, 4.69) is 4.98 Å². The Kier molecular flexibility index (Phi) is 5.23. The Morgan fingerprint density at radius 2 is 1.83 bits per heavy atom.